The number of hydrogen-bond donors (Lipinski definition) is 3. The number of amides is 3. The standard InChI is InChI=1S/C83H90N8O20S/c1-48-61(59-26-27-67(87-68(59)74(96)97)90-30-28-52-16-15-21-60(62(52)38-90)73(95)88-77-86-64-22-13-14-23-66(64)112-77)37-85-91(48)47-82-42-80(5)41-81(6,43-82)45-83(44-80,46-82)106-33-31-89(7)79(100)105-39-53-24-25-54(36-65(53)110-76-72(109-51(4)94)70(108-50(3)93)69(107-49(2)92)71(111-76)75(98)101-8)103-35-34-102-32-29-84-78(99)104-40-63-57-19-11-9-17-55(57)56-18-10-12-20-58(56)63/h9-27,36-37,63,69-72,76H,28-35,38-47H2,1-8H3,(H,84,99)(H,96,97)(H,86,88,95)/t69-,70-,71-,72+,76+,80?,81?,82?,83?/m0/s1. The van der Waals surface area contributed by atoms with Gasteiger partial charge in [-0.25, -0.2) is 29.1 Å². The fourth-order valence-corrected chi connectivity index (χ4v) is 19.4. The third-order valence-corrected chi connectivity index (χ3v) is 22.9. The highest BCUT2D eigenvalue weighted by atomic mass is 32.1. The van der Waals surface area contributed by atoms with E-state index in [-0.39, 0.29) is 97.0 Å². The van der Waals surface area contributed by atoms with Crippen LogP contribution < -0.4 is 25.0 Å². The number of methoxy groups -OCH3 is 1. The van der Waals surface area contributed by atoms with Crippen LogP contribution in [0.1, 0.15) is 133 Å². The lowest BCUT2D eigenvalue weighted by Crippen LogP contribution is -2.64. The predicted octanol–water partition coefficient (Wildman–Crippen LogP) is 11.8. The Bertz CT molecular complexity index is 4850. The van der Waals surface area contributed by atoms with Gasteiger partial charge in [-0.05, 0) is 144 Å². The minimum Gasteiger partial charge on any atom is -0.491 e. The normalized spacial score (nSPS) is 23.2. The van der Waals surface area contributed by atoms with Crippen LogP contribution in [0, 0.1) is 23.2 Å². The highest BCUT2D eigenvalue weighted by molar-refractivity contribution is 7.22. The summed E-state index contributed by atoms with van der Waals surface area (Å²) in [5.74, 6) is -4.62. The summed E-state index contributed by atoms with van der Waals surface area (Å²) in [7, 11) is 2.66. The van der Waals surface area contributed by atoms with Crippen molar-refractivity contribution in [1.29, 1.82) is 0 Å². The van der Waals surface area contributed by atoms with E-state index in [1.807, 2.05) is 95.4 Å². The van der Waals surface area contributed by atoms with E-state index >= 15 is 0 Å². The number of carboxylic acid groups (broad SMARTS) is 1. The summed E-state index contributed by atoms with van der Waals surface area (Å²) in [4.78, 5) is 118. The predicted molar refractivity (Wildman–Crippen MR) is 408 cm³/mol. The Balaban J connectivity index is 0.617. The number of carbonyl (C=O) groups excluding carboxylic acids is 7. The molecule has 4 saturated carbocycles. The van der Waals surface area contributed by atoms with Gasteiger partial charge < -0.3 is 72.3 Å². The van der Waals surface area contributed by atoms with Gasteiger partial charge in [-0.3, -0.25) is 29.2 Å². The maximum Gasteiger partial charge on any atom is 0.409 e. The molecule has 3 N–H and O–H groups in total. The number of fused-ring (bicyclic) bond motifs is 5. The van der Waals surface area contributed by atoms with E-state index in [1.165, 1.54) is 22.3 Å². The zero-order valence-corrected chi connectivity index (χ0v) is 64.4. The number of thiazole rings is 1. The minimum atomic E-state index is -1.78. The van der Waals surface area contributed by atoms with Crippen LogP contribution in [0.4, 0.5) is 20.5 Å². The van der Waals surface area contributed by atoms with Crippen LogP contribution in [0.15, 0.2) is 128 Å². The topological polar surface area (TPSA) is 332 Å². The van der Waals surface area contributed by atoms with E-state index < -0.39 is 84.9 Å². The van der Waals surface area contributed by atoms with Gasteiger partial charge in [-0.1, -0.05) is 98.0 Å². The summed E-state index contributed by atoms with van der Waals surface area (Å²) in [6, 6.07) is 37.8. The summed E-state index contributed by atoms with van der Waals surface area (Å²) < 4.78 is 67.9. The molecule has 2 unspecified atom stereocenters. The Labute approximate surface area is 650 Å². The average molecular weight is 1550 g/mol. The zero-order valence-electron chi connectivity index (χ0n) is 63.6. The molecule has 5 aliphatic carbocycles. The maximum atomic E-state index is 14.1. The molecular formula is C83H90N8O20S. The molecule has 3 aromatic heterocycles. The number of anilines is 2. The van der Waals surface area contributed by atoms with Crippen LogP contribution in [0.2, 0.25) is 0 Å². The van der Waals surface area contributed by atoms with E-state index in [0.29, 0.717) is 53.7 Å². The zero-order chi connectivity index (χ0) is 78.8. The summed E-state index contributed by atoms with van der Waals surface area (Å²) in [6.45, 7) is 11.7. The molecule has 8 aromatic rings. The first-order valence-corrected chi connectivity index (χ1v) is 38.2. The van der Waals surface area contributed by atoms with E-state index in [1.54, 1.807) is 37.5 Å². The molecule has 2 aliphatic heterocycles. The lowest BCUT2D eigenvalue weighted by Gasteiger charge is -2.69. The summed E-state index contributed by atoms with van der Waals surface area (Å²) in [5.41, 5.74) is 8.75. The largest absolute Gasteiger partial charge is 0.491 e. The van der Waals surface area contributed by atoms with Gasteiger partial charge in [0.25, 0.3) is 5.91 Å². The van der Waals surface area contributed by atoms with Crippen LogP contribution in [-0.4, -0.2) is 181 Å². The lowest BCUT2D eigenvalue weighted by molar-refractivity contribution is -0.282. The maximum absolute atomic E-state index is 14.1. The summed E-state index contributed by atoms with van der Waals surface area (Å²) in [5, 5.41) is 22.0. The number of ether oxygens (including phenoxy) is 11. The van der Waals surface area contributed by atoms with Gasteiger partial charge in [0.15, 0.2) is 29.1 Å². The number of carbonyl (C=O) groups is 8. The first-order chi connectivity index (χ1) is 53.8. The van der Waals surface area contributed by atoms with E-state index in [2.05, 4.69) is 41.6 Å². The number of nitrogens with zero attached hydrogens (tertiary/aromatic N) is 6. The van der Waals surface area contributed by atoms with Crippen molar-refractivity contribution in [2.45, 2.75) is 148 Å². The van der Waals surface area contributed by atoms with Crippen molar-refractivity contribution in [3.05, 3.63) is 172 Å². The Morgan fingerprint density at radius 3 is 2.14 bits per heavy atom. The SMILES string of the molecule is COC(=O)[C@H]1O[C@@H](Oc2cc(OCCOCCNC(=O)OCC3c4ccccc4-c4ccccc43)ccc2COC(=O)N(C)CCOC23CC4(C)CC(C)(CC(Cn5ncc(-c6ccc(N7CCc8cccc(C(=O)Nc9nc%10ccccc%10s9)c8C7)nc6C(=O)O)c5C)(C4)C2)C3)[C@H](OC(C)=O)[C@@H](OC(C)=O)[C@@H]1OC(C)=O. The number of alkyl carbamates (subject to hydrolysis) is 1. The number of benzene rings is 5. The molecule has 0 spiro atoms. The lowest BCUT2D eigenvalue weighted by atomic mass is 9.39. The third kappa shape index (κ3) is 16.8. The molecule has 5 aromatic carbocycles. The second kappa shape index (κ2) is 32.4. The van der Waals surface area contributed by atoms with Crippen molar-refractivity contribution in [2.75, 3.05) is 77.0 Å². The van der Waals surface area contributed by atoms with Crippen molar-refractivity contribution in [1.82, 2.24) is 30.0 Å². The number of rotatable bonds is 28. The molecule has 1 saturated heterocycles. The fourth-order valence-electron chi connectivity index (χ4n) is 18.5. The molecule has 112 heavy (non-hydrogen) atoms. The molecule has 28 nitrogen and oxygen atoms in total. The Kier molecular flexibility index (Phi) is 22.5. The molecule has 588 valence electrons. The molecule has 7 aliphatic rings. The summed E-state index contributed by atoms with van der Waals surface area (Å²) >= 11 is 1.41. The van der Waals surface area contributed by atoms with Gasteiger partial charge in [0.2, 0.25) is 12.4 Å². The number of nitrogens with one attached hydrogen (secondary N) is 2. The van der Waals surface area contributed by atoms with E-state index in [4.69, 9.17) is 62.2 Å². The summed E-state index contributed by atoms with van der Waals surface area (Å²) in [6.07, 6.45) is -2.23. The Hall–Kier alpha value is -11.0. The molecule has 7 atom stereocenters. The molecule has 5 heterocycles. The molecule has 3 amide bonds. The number of esters is 4. The molecule has 5 fully saturated rings. The highest BCUT2D eigenvalue weighted by Crippen LogP contribution is 2.72. The van der Waals surface area contributed by atoms with Gasteiger partial charge in [-0.15, -0.1) is 0 Å². The van der Waals surface area contributed by atoms with Crippen molar-refractivity contribution in [2.24, 2.45) is 16.2 Å². The number of para-hydroxylation sites is 1. The van der Waals surface area contributed by atoms with E-state index in [0.717, 1.165) is 116 Å². The molecule has 29 heteroatoms. The van der Waals surface area contributed by atoms with Crippen molar-refractivity contribution in [3.8, 4) is 33.8 Å². The van der Waals surface area contributed by atoms with Crippen molar-refractivity contribution < 1.29 is 95.6 Å². The molecule has 4 bridgehead atoms. The van der Waals surface area contributed by atoms with Crippen LogP contribution in [0.3, 0.4) is 0 Å². The number of aromatic nitrogens is 4. The quantitative estimate of drug-likeness (QED) is 0.0233. The monoisotopic (exact) mass is 1550 g/mol. The number of hydrogen-bond acceptors (Lipinski definition) is 24. The number of pyridine rings is 1. The minimum absolute atomic E-state index is 0.000184. The third-order valence-electron chi connectivity index (χ3n) is 21.9. The van der Waals surface area contributed by atoms with Crippen molar-refractivity contribution in [3.63, 3.8) is 0 Å². The number of likely N-dealkylation sites (N-methyl/N-ethyl adjacent to an activating group) is 1. The number of carboxylic acids is 1. The smallest absolute Gasteiger partial charge is 0.409 e. The van der Waals surface area contributed by atoms with Crippen LogP contribution in [-0.2, 0) is 87.9 Å². The van der Waals surface area contributed by atoms with Gasteiger partial charge >= 0.3 is 42.0 Å². The average Bonchev–Trinajstić information content (AvgIpc) is 0.875. The fraction of sp³-hybridized carbons (Fsp3) is 0.434. The molecular weight excluding hydrogens is 1460 g/mol. The van der Waals surface area contributed by atoms with E-state index in [9.17, 15) is 43.5 Å². The second-order valence-electron chi connectivity index (χ2n) is 30.7. The van der Waals surface area contributed by atoms with Crippen LogP contribution >= 0.6 is 11.3 Å². The van der Waals surface area contributed by atoms with Gasteiger partial charge in [-0.2, -0.15) is 5.10 Å². The van der Waals surface area contributed by atoms with Gasteiger partial charge in [0.05, 0.1) is 48.9 Å². The van der Waals surface area contributed by atoms with Crippen molar-refractivity contribution >= 4 is 80.4 Å². The molecule has 0 radical (unpaired) electrons. The first-order valence-electron chi connectivity index (χ1n) is 37.4. The first kappa shape index (κ1) is 77.7. The Morgan fingerprint density at radius 1 is 0.723 bits per heavy atom. The second-order valence-corrected chi connectivity index (χ2v) is 31.7. The van der Waals surface area contributed by atoms with Crippen LogP contribution in [0.25, 0.3) is 32.5 Å². The van der Waals surface area contributed by atoms with Crippen LogP contribution in [0.5, 0.6) is 11.5 Å². The molecule has 15 rings (SSSR count). The van der Waals surface area contributed by atoms with Gasteiger partial charge in [0.1, 0.15) is 37.1 Å². The van der Waals surface area contributed by atoms with Gasteiger partial charge in [0, 0.05) is 100 Å². The Morgan fingerprint density at radius 2 is 1.43 bits per heavy atom. The highest BCUT2D eigenvalue weighted by Gasteiger charge is 2.66. The number of aromatic carboxylic acids is 1.